The summed E-state index contributed by atoms with van der Waals surface area (Å²) >= 11 is 5.95. The van der Waals surface area contributed by atoms with E-state index in [1.165, 1.54) is 0 Å². The van der Waals surface area contributed by atoms with E-state index in [9.17, 15) is 14.7 Å². The minimum Gasteiger partial charge on any atom is -0.385 e. The Morgan fingerprint density at radius 3 is 2.36 bits per heavy atom. The third kappa shape index (κ3) is 3.70. The van der Waals surface area contributed by atoms with E-state index in [1.54, 1.807) is 11.0 Å². The summed E-state index contributed by atoms with van der Waals surface area (Å²) < 4.78 is 0. The molecule has 5 nitrogen and oxygen atoms in total. The van der Waals surface area contributed by atoms with E-state index >= 15 is 0 Å². The van der Waals surface area contributed by atoms with Crippen molar-refractivity contribution in [2.45, 2.75) is 24.9 Å². The fourth-order valence-corrected chi connectivity index (χ4v) is 4.22. The molecule has 2 aliphatic rings. The summed E-state index contributed by atoms with van der Waals surface area (Å²) in [6, 6.07) is 14.7. The van der Waals surface area contributed by atoms with Gasteiger partial charge in [0.05, 0.1) is 17.7 Å². The molecule has 0 bridgehead atoms. The van der Waals surface area contributed by atoms with Crippen molar-refractivity contribution in [3.63, 3.8) is 0 Å². The van der Waals surface area contributed by atoms with Gasteiger partial charge in [-0.25, -0.2) is 0 Å². The summed E-state index contributed by atoms with van der Waals surface area (Å²) in [5.41, 5.74) is 1.40. The summed E-state index contributed by atoms with van der Waals surface area (Å²) in [6.45, 7) is 2.76. The highest BCUT2D eigenvalue weighted by atomic mass is 35.5. The van der Waals surface area contributed by atoms with Gasteiger partial charge in [0.2, 0.25) is 5.91 Å². The number of rotatable bonds is 4. The van der Waals surface area contributed by atoms with Crippen LogP contribution in [0, 0.1) is 0 Å². The lowest BCUT2D eigenvalue weighted by Crippen LogP contribution is -2.47. The van der Waals surface area contributed by atoms with Crippen molar-refractivity contribution in [3.8, 4) is 0 Å². The predicted octanol–water partition coefficient (Wildman–Crippen LogP) is 3.24. The number of ketones is 1. The average Bonchev–Trinajstić information content (AvgIpc) is 2.70. The standard InChI is InChI=1S/C22H23ClN2O3/c23-17-7-5-16(6-8-17)22(28)9-11-24(12-10-22)13-14-25-19-4-2-1-3-18(19)20(26)15-21(25)27/h1-8,28H,9-15H2. The largest absolute Gasteiger partial charge is 0.385 e. The number of amides is 1. The second kappa shape index (κ2) is 7.66. The van der Waals surface area contributed by atoms with Crippen molar-refractivity contribution in [3.05, 3.63) is 64.7 Å². The van der Waals surface area contributed by atoms with Crippen molar-refractivity contribution >= 4 is 29.0 Å². The van der Waals surface area contributed by atoms with Crippen molar-refractivity contribution in [1.82, 2.24) is 4.90 Å². The zero-order valence-electron chi connectivity index (χ0n) is 15.6. The van der Waals surface area contributed by atoms with Crippen LogP contribution >= 0.6 is 11.6 Å². The van der Waals surface area contributed by atoms with Crippen LogP contribution in [0.1, 0.15) is 35.2 Å². The van der Waals surface area contributed by atoms with Crippen LogP contribution in [0.4, 0.5) is 5.69 Å². The molecule has 4 rings (SSSR count). The molecule has 2 heterocycles. The third-order valence-corrected chi connectivity index (χ3v) is 6.06. The number of likely N-dealkylation sites (tertiary alicyclic amines) is 1. The summed E-state index contributed by atoms with van der Waals surface area (Å²) in [4.78, 5) is 28.5. The Morgan fingerprint density at radius 2 is 1.64 bits per heavy atom. The Morgan fingerprint density at radius 1 is 0.964 bits per heavy atom. The van der Waals surface area contributed by atoms with E-state index in [0.29, 0.717) is 42.2 Å². The van der Waals surface area contributed by atoms with Gasteiger partial charge in [-0.3, -0.25) is 9.59 Å². The third-order valence-electron chi connectivity index (χ3n) is 5.81. The molecule has 6 heteroatoms. The van der Waals surface area contributed by atoms with Gasteiger partial charge >= 0.3 is 0 Å². The monoisotopic (exact) mass is 398 g/mol. The Balaban J connectivity index is 1.38. The quantitative estimate of drug-likeness (QED) is 0.803. The highest BCUT2D eigenvalue weighted by Crippen LogP contribution is 2.33. The molecule has 2 aromatic rings. The van der Waals surface area contributed by atoms with Crippen LogP contribution in [-0.4, -0.2) is 47.9 Å². The highest BCUT2D eigenvalue weighted by molar-refractivity contribution is 6.30. The first kappa shape index (κ1) is 19.1. The topological polar surface area (TPSA) is 60.9 Å². The number of aliphatic hydroxyl groups is 1. The normalized spacial score (nSPS) is 19.6. The summed E-state index contributed by atoms with van der Waals surface area (Å²) in [5.74, 6) is -0.249. The van der Waals surface area contributed by atoms with Gasteiger partial charge in [0.25, 0.3) is 0 Å². The van der Waals surface area contributed by atoms with Crippen LogP contribution in [0.2, 0.25) is 5.02 Å². The molecular weight excluding hydrogens is 376 g/mol. The molecule has 2 aliphatic heterocycles. The lowest BCUT2D eigenvalue weighted by atomic mass is 9.84. The fourth-order valence-electron chi connectivity index (χ4n) is 4.09. The van der Waals surface area contributed by atoms with E-state index in [0.717, 1.165) is 18.7 Å². The van der Waals surface area contributed by atoms with E-state index in [1.807, 2.05) is 42.5 Å². The summed E-state index contributed by atoms with van der Waals surface area (Å²) in [6.07, 6.45) is 1.21. The number of anilines is 1. The van der Waals surface area contributed by atoms with Crippen LogP contribution in [0.5, 0.6) is 0 Å². The van der Waals surface area contributed by atoms with Crippen molar-refractivity contribution in [1.29, 1.82) is 0 Å². The average molecular weight is 399 g/mol. The molecular formula is C22H23ClN2O3. The molecule has 0 aliphatic carbocycles. The lowest BCUT2D eigenvalue weighted by molar-refractivity contribution is -0.118. The van der Waals surface area contributed by atoms with Crippen LogP contribution in [-0.2, 0) is 10.4 Å². The van der Waals surface area contributed by atoms with E-state index in [-0.39, 0.29) is 18.1 Å². The molecule has 0 saturated carbocycles. The van der Waals surface area contributed by atoms with Gasteiger partial charge in [-0.2, -0.15) is 0 Å². The number of benzene rings is 2. The Labute approximate surface area is 169 Å². The number of piperidine rings is 1. The van der Waals surface area contributed by atoms with Gasteiger partial charge in [0.15, 0.2) is 5.78 Å². The molecule has 0 atom stereocenters. The molecule has 0 radical (unpaired) electrons. The van der Waals surface area contributed by atoms with Gasteiger partial charge < -0.3 is 14.9 Å². The Hall–Kier alpha value is -2.21. The maximum atomic E-state index is 12.4. The maximum absolute atomic E-state index is 12.4. The molecule has 1 saturated heterocycles. The number of carbonyl (C=O) groups excluding carboxylic acids is 2. The fraction of sp³-hybridized carbons (Fsp3) is 0.364. The Bertz CT molecular complexity index is 889. The molecule has 1 amide bonds. The van der Waals surface area contributed by atoms with Gasteiger partial charge in [0, 0.05) is 36.8 Å². The van der Waals surface area contributed by atoms with E-state index < -0.39 is 5.60 Å². The molecule has 1 N–H and O–H groups in total. The van der Waals surface area contributed by atoms with Crippen molar-refractivity contribution in [2.75, 3.05) is 31.1 Å². The molecule has 0 aromatic heterocycles. The number of fused-ring (bicyclic) bond motifs is 1. The first-order valence-corrected chi connectivity index (χ1v) is 9.97. The van der Waals surface area contributed by atoms with Gasteiger partial charge in [-0.15, -0.1) is 0 Å². The zero-order chi connectivity index (χ0) is 19.7. The molecule has 146 valence electrons. The van der Waals surface area contributed by atoms with E-state index in [2.05, 4.69) is 4.90 Å². The highest BCUT2D eigenvalue weighted by Gasteiger charge is 2.35. The molecule has 0 unspecified atom stereocenters. The minimum absolute atomic E-state index is 0.0622. The molecule has 28 heavy (non-hydrogen) atoms. The number of carbonyl (C=O) groups is 2. The van der Waals surface area contributed by atoms with E-state index in [4.69, 9.17) is 11.6 Å². The predicted molar refractivity (Wildman–Crippen MR) is 109 cm³/mol. The van der Waals surface area contributed by atoms with Crippen LogP contribution < -0.4 is 4.90 Å². The van der Waals surface area contributed by atoms with Crippen LogP contribution in [0.3, 0.4) is 0 Å². The maximum Gasteiger partial charge on any atom is 0.234 e. The Kier molecular flexibility index (Phi) is 5.23. The second-order valence-electron chi connectivity index (χ2n) is 7.54. The van der Waals surface area contributed by atoms with Crippen LogP contribution in [0.25, 0.3) is 0 Å². The number of Topliss-reactive ketones (excluding diaryl/α,β-unsaturated/α-hetero) is 1. The van der Waals surface area contributed by atoms with Crippen molar-refractivity contribution in [2.24, 2.45) is 0 Å². The van der Waals surface area contributed by atoms with Gasteiger partial charge in [-0.1, -0.05) is 35.9 Å². The van der Waals surface area contributed by atoms with Gasteiger partial charge in [0.1, 0.15) is 0 Å². The van der Waals surface area contributed by atoms with Crippen molar-refractivity contribution < 1.29 is 14.7 Å². The SMILES string of the molecule is O=C1CC(=O)N(CCN2CCC(O)(c3ccc(Cl)cc3)CC2)c2ccccc21. The minimum atomic E-state index is -0.832. The number of halogens is 1. The number of nitrogens with zero attached hydrogens (tertiary/aromatic N) is 2. The van der Waals surface area contributed by atoms with Gasteiger partial charge in [-0.05, 0) is 42.7 Å². The first-order chi connectivity index (χ1) is 13.5. The van der Waals surface area contributed by atoms with Crippen LogP contribution in [0.15, 0.2) is 48.5 Å². The number of hydrogen-bond acceptors (Lipinski definition) is 4. The summed E-state index contributed by atoms with van der Waals surface area (Å²) in [7, 11) is 0. The second-order valence-corrected chi connectivity index (χ2v) is 7.98. The first-order valence-electron chi connectivity index (χ1n) is 9.60. The zero-order valence-corrected chi connectivity index (χ0v) is 16.4. The molecule has 2 aromatic carbocycles. The molecule has 0 spiro atoms. The summed E-state index contributed by atoms with van der Waals surface area (Å²) in [5, 5.41) is 11.7. The number of para-hydroxylation sites is 1. The number of hydrogen-bond donors (Lipinski definition) is 1. The smallest absolute Gasteiger partial charge is 0.234 e. The molecule has 1 fully saturated rings. The lowest BCUT2D eigenvalue weighted by Gasteiger charge is -2.39.